The van der Waals surface area contributed by atoms with Crippen molar-refractivity contribution in [2.75, 3.05) is 32.1 Å². The molecule has 2 atom stereocenters. The summed E-state index contributed by atoms with van der Waals surface area (Å²) in [6, 6.07) is 0. The third-order valence-electron chi connectivity index (χ3n) is 2.31. The highest BCUT2D eigenvalue weighted by Crippen LogP contribution is 2.19. The second-order valence-electron chi connectivity index (χ2n) is 3.33. The van der Waals surface area contributed by atoms with Gasteiger partial charge in [0.05, 0.1) is 6.10 Å². The molecule has 1 aliphatic heterocycles. The van der Waals surface area contributed by atoms with Crippen LogP contribution in [0.5, 0.6) is 0 Å². The molecule has 2 unspecified atom stereocenters. The van der Waals surface area contributed by atoms with E-state index in [1.165, 1.54) is 0 Å². The van der Waals surface area contributed by atoms with Crippen molar-refractivity contribution in [3.05, 3.63) is 0 Å². The molecule has 1 fully saturated rings. The van der Waals surface area contributed by atoms with Gasteiger partial charge in [-0.15, -0.1) is 0 Å². The molecule has 11 heavy (non-hydrogen) atoms. The molecular weight excluding hydrogens is 158 g/mol. The fourth-order valence-corrected chi connectivity index (χ4v) is 2.20. The van der Waals surface area contributed by atoms with Gasteiger partial charge < -0.3 is 10.0 Å². The highest BCUT2D eigenvalue weighted by Gasteiger charge is 2.25. The van der Waals surface area contributed by atoms with Crippen LogP contribution >= 0.6 is 11.8 Å². The van der Waals surface area contributed by atoms with E-state index in [0.29, 0.717) is 5.92 Å². The molecule has 0 saturated carbocycles. The molecule has 0 bridgehead atoms. The van der Waals surface area contributed by atoms with Crippen molar-refractivity contribution in [3.63, 3.8) is 0 Å². The molecule has 1 rings (SSSR count). The summed E-state index contributed by atoms with van der Waals surface area (Å²) in [6.07, 6.45) is 3.12. The van der Waals surface area contributed by atoms with Crippen LogP contribution in [0.15, 0.2) is 0 Å². The molecule has 1 saturated heterocycles. The topological polar surface area (TPSA) is 23.5 Å². The molecular formula is C8H17NOS. The maximum absolute atomic E-state index is 9.62. The van der Waals surface area contributed by atoms with Crippen molar-refractivity contribution in [1.82, 2.24) is 4.90 Å². The van der Waals surface area contributed by atoms with Gasteiger partial charge in [0.2, 0.25) is 0 Å². The summed E-state index contributed by atoms with van der Waals surface area (Å²) in [5.74, 6) is 1.41. The first-order valence-electron chi connectivity index (χ1n) is 4.09. The van der Waals surface area contributed by atoms with Gasteiger partial charge in [-0.25, -0.2) is 0 Å². The Morgan fingerprint density at radius 1 is 1.73 bits per heavy atom. The molecule has 1 aliphatic rings. The van der Waals surface area contributed by atoms with Gasteiger partial charge in [0.1, 0.15) is 0 Å². The number of aliphatic hydroxyl groups excluding tert-OH is 1. The van der Waals surface area contributed by atoms with E-state index in [1.54, 1.807) is 11.8 Å². The van der Waals surface area contributed by atoms with Crippen LogP contribution in [0.2, 0.25) is 0 Å². The molecule has 66 valence electrons. The Kier molecular flexibility index (Phi) is 3.69. The van der Waals surface area contributed by atoms with Crippen LogP contribution < -0.4 is 0 Å². The molecule has 1 N–H and O–H groups in total. The van der Waals surface area contributed by atoms with Crippen LogP contribution in [0.3, 0.4) is 0 Å². The summed E-state index contributed by atoms with van der Waals surface area (Å²) in [5, 5.41) is 9.62. The minimum Gasteiger partial charge on any atom is -0.392 e. The Hall–Kier alpha value is 0.270. The highest BCUT2D eigenvalue weighted by molar-refractivity contribution is 7.98. The van der Waals surface area contributed by atoms with E-state index in [9.17, 15) is 5.11 Å². The highest BCUT2D eigenvalue weighted by atomic mass is 32.2. The minimum atomic E-state index is -0.0880. The smallest absolute Gasteiger partial charge is 0.0671 e. The minimum absolute atomic E-state index is 0.0880. The molecule has 3 heteroatoms. The molecule has 0 amide bonds. The maximum atomic E-state index is 9.62. The van der Waals surface area contributed by atoms with E-state index in [-0.39, 0.29) is 6.10 Å². The van der Waals surface area contributed by atoms with Gasteiger partial charge in [0, 0.05) is 12.3 Å². The molecule has 0 aliphatic carbocycles. The largest absolute Gasteiger partial charge is 0.392 e. The van der Waals surface area contributed by atoms with Gasteiger partial charge in [-0.2, -0.15) is 11.8 Å². The zero-order valence-electron chi connectivity index (χ0n) is 7.29. The number of hydrogen-bond acceptors (Lipinski definition) is 3. The fourth-order valence-electron chi connectivity index (χ4n) is 1.59. The van der Waals surface area contributed by atoms with E-state index < -0.39 is 0 Å². The van der Waals surface area contributed by atoms with Crippen molar-refractivity contribution < 1.29 is 5.11 Å². The van der Waals surface area contributed by atoms with Gasteiger partial charge >= 0.3 is 0 Å². The van der Waals surface area contributed by atoms with Gasteiger partial charge in [-0.05, 0) is 32.2 Å². The molecule has 2 nitrogen and oxygen atoms in total. The fraction of sp³-hybridized carbons (Fsp3) is 1.00. The summed E-state index contributed by atoms with van der Waals surface area (Å²) < 4.78 is 0. The van der Waals surface area contributed by atoms with Gasteiger partial charge in [-0.3, -0.25) is 0 Å². The van der Waals surface area contributed by atoms with Crippen LogP contribution in [0.25, 0.3) is 0 Å². The summed E-state index contributed by atoms with van der Waals surface area (Å²) in [5.41, 5.74) is 0. The normalized spacial score (nSPS) is 29.2. The van der Waals surface area contributed by atoms with E-state index in [2.05, 4.69) is 11.9 Å². The van der Waals surface area contributed by atoms with Crippen LogP contribution in [0, 0.1) is 5.92 Å². The summed E-state index contributed by atoms with van der Waals surface area (Å²) in [6.45, 7) is 2.22. The van der Waals surface area contributed by atoms with Crippen LogP contribution in [-0.4, -0.2) is 48.3 Å². The van der Waals surface area contributed by atoms with Gasteiger partial charge in [0.15, 0.2) is 0 Å². The number of aliphatic hydroxyl groups is 1. The van der Waals surface area contributed by atoms with E-state index in [4.69, 9.17) is 0 Å². The number of rotatable bonds is 3. The van der Waals surface area contributed by atoms with E-state index in [1.807, 2.05) is 6.26 Å². The van der Waals surface area contributed by atoms with Crippen molar-refractivity contribution in [1.29, 1.82) is 0 Å². The Bertz CT molecular complexity index is 121. The van der Waals surface area contributed by atoms with Crippen LogP contribution in [0.1, 0.15) is 6.42 Å². The Balaban J connectivity index is 2.25. The Labute approximate surface area is 73.0 Å². The zero-order chi connectivity index (χ0) is 8.27. The van der Waals surface area contributed by atoms with E-state index >= 15 is 0 Å². The first kappa shape index (κ1) is 9.36. The Morgan fingerprint density at radius 2 is 2.45 bits per heavy atom. The first-order chi connectivity index (χ1) is 5.24. The standard InChI is InChI=1S/C8H17NOS/c1-9-4-3-7(5-9)8(10)6-11-2/h7-8,10H,3-6H2,1-2H3. The van der Waals surface area contributed by atoms with Crippen molar-refractivity contribution in [2.45, 2.75) is 12.5 Å². The lowest BCUT2D eigenvalue weighted by Gasteiger charge is -2.16. The third kappa shape index (κ3) is 2.65. The molecule has 0 aromatic heterocycles. The number of likely N-dealkylation sites (tertiary alicyclic amines) is 1. The summed E-state index contributed by atoms with van der Waals surface area (Å²) in [4.78, 5) is 2.29. The lowest BCUT2D eigenvalue weighted by atomic mass is 10.0. The molecule has 1 heterocycles. The lowest BCUT2D eigenvalue weighted by molar-refractivity contribution is 0.134. The third-order valence-corrected chi connectivity index (χ3v) is 2.98. The van der Waals surface area contributed by atoms with Crippen molar-refractivity contribution >= 4 is 11.8 Å². The van der Waals surface area contributed by atoms with Gasteiger partial charge in [0.25, 0.3) is 0 Å². The second kappa shape index (κ2) is 4.33. The first-order valence-corrected chi connectivity index (χ1v) is 5.49. The van der Waals surface area contributed by atoms with E-state index in [0.717, 1.165) is 25.3 Å². The second-order valence-corrected chi connectivity index (χ2v) is 4.24. The average molecular weight is 175 g/mol. The predicted octanol–water partition coefficient (Wildman–Crippen LogP) is 0.662. The van der Waals surface area contributed by atoms with Crippen molar-refractivity contribution in [2.24, 2.45) is 5.92 Å². The monoisotopic (exact) mass is 175 g/mol. The quantitative estimate of drug-likeness (QED) is 0.682. The lowest BCUT2D eigenvalue weighted by Crippen LogP contribution is -2.25. The number of nitrogens with zero attached hydrogens (tertiary/aromatic N) is 1. The number of hydrogen-bond donors (Lipinski definition) is 1. The van der Waals surface area contributed by atoms with Crippen LogP contribution in [-0.2, 0) is 0 Å². The summed E-state index contributed by atoms with van der Waals surface area (Å²) in [7, 11) is 2.12. The predicted molar refractivity (Wildman–Crippen MR) is 50.0 cm³/mol. The SMILES string of the molecule is CSCC(O)C1CCN(C)C1. The maximum Gasteiger partial charge on any atom is 0.0671 e. The van der Waals surface area contributed by atoms with Crippen molar-refractivity contribution in [3.8, 4) is 0 Å². The zero-order valence-corrected chi connectivity index (χ0v) is 8.10. The average Bonchev–Trinajstić information content (AvgIpc) is 2.36. The number of thioether (sulfide) groups is 1. The molecule has 0 radical (unpaired) electrons. The summed E-state index contributed by atoms with van der Waals surface area (Å²) >= 11 is 1.73. The molecule has 0 spiro atoms. The Morgan fingerprint density at radius 3 is 2.91 bits per heavy atom. The molecule has 0 aromatic rings. The molecule has 0 aromatic carbocycles. The van der Waals surface area contributed by atoms with Gasteiger partial charge in [-0.1, -0.05) is 0 Å². The van der Waals surface area contributed by atoms with Crippen LogP contribution in [0.4, 0.5) is 0 Å².